The van der Waals surface area contributed by atoms with Gasteiger partial charge in [0.25, 0.3) is 17.3 Å². The summed E-state index contributed by atoms with van der Waals surface area (Å²) in [6.45, 7) is 0.102. The first-order valence-corrected chi connectivity index (χ1v) is 11.6. The van der Waals surface area contributed by atoms with Crippen molar-refractivity contribution in [3.05, 3.63) is 103 Å². The van der Waals surface area contributed by atoms with Gasteiger partial charge in [0, 0.05) is 24.3 Å². The van der Waals surface area contributed by atoms with E-state index in [0.717, 1.165) is 11.8 Å². The quantitative estimate of drug-likeness (QED) is 0.163. The number of benzene rings is 3. The molecule has 0 N–H and O–H groups in total. The molecule has 1 heterocycles. The van der Waals surface area contributed by atoms with Gasteiger partial charge in [-0.15, -0.1) is 0 Å². The van der Waals surface area contributed by atoms with Crippen molar-refractivity contribution in [1.82, 2.24) is 0 Å². The smallest absolute Gasteiger partial charge is 0.270 e. The van der Waals surface area contributed by atoms with E-state index in [4.69, 9.17) is 21.7 Å². The van der Waals surface area contributed by atoms with E-state index in [0.29, 0.717) is 37.5 Å². The third-order valence-corrected chi connectivity index (χ3v) is 6.42. The Morgan fingerprint density at radius 1 is 0.972 bits per heavy atom. The highest BCUT2D eigenvalue weighted by molar-refractivity contribution is 8.27. The maximum Gasteiger partial charge on any atom is 0.270 e. The zero-order valence-electron chi connectivity index (χ0n) is 18.7. The average Bonchev–Trinajstić information content (AvgIpc) is 3.15. The molecule has 1 saturated heterocycles. The number of ether oxygens (including phenoxy) is 2. The summed E-state index contributed by atoms with van der Waals surface area (Å²) >= 11 is 6.48. The molecule has 0 bridgehead atoms. The second kappa shape index (κ2) is 10.5. The molecule has 36 heavy (non-hydrogen) atoms. The topological polar surface area (TPSA) is 125 Å². The number of amides is 1. The van der Waals surface area contributed by atoms with Crippen LogP contribution in [0.4, 0.5) is 17.1 Å². The lowest BCUT2D eigenvalue weighted by Crippen LogP contribution is -2.27. The molecule has 0 saturated carbocycles. The molecule has 0 aliphatic carbocycles. The van der Waals surface area contributed by atoms with Crippen molar-refractivity contribution < 1.29 is 24.1 Å². The van der Waals surface area contributed by atoms with Crippen molar-refractivity contribution in [3.63, 3.8) is 0 Å². The summed E-state index contributed by atoms with van der Waals surface area (Å²) in [4.78, 5) is 35.6. The van der Waals surface area contributed by atoms with E-state index < -0.39 is 9.85 Å². The Labute approximate surface area is 214 Å². The number of non-ortho nitro benzene ring substituents is 2. The predicted molar refractivity (Wildman–Crippen MR) is 139 cm³/mol. The van der Waals surface area contributed by atoms with Gasteiger partial charge >= 0.3 is 0 Å². The van der Waals surface area contributed by atoms with Crippen LogP contribution in [0.15, 0.2) is 71.6 Å². The summed E-state index contributed by atoms with van der Waals surface area (Å²) in [6.07, 6.45) is 1.66. The molecule has 3 aromatic rings. The third-order valence-electron chi connectivity index (χ3n) is 5.11. The van der Waals surface area contributed by atoms with Gasteiger partial charge in [-0.3, -0.25) is 29.9 Å². The monoisotopic (exact) mass is 523 g/mol. The molecule has 0 aromatic heterocycles. The standard InChI is InChI=1S/C24H17N3O7S2/c1-33-21-12-15(5-10-20(21)34-14-16-3-2-4-19(11-16)27(31)32)13-22-23(28)25(24(35)36-22)17-6-8-18(9-7-17)26(29)30/h2-13H,14H2,1H3/b22-13+. The number of carbonyl (C=O) groups is 1. The van der Waals surface area contributed by atoms with Crippen LogP contribution in [0.5, 0.6) is 11.5 Å². The SMILES string of the molecule is COc1cc(/C=C2/SC(=S)N(c3ccc([N+](=O)[O-])cc3)C2=O)ccc1OCc1cccc([N+](=O)[O-])c1. The van der Waals surface area contributed by atoms with Crippen LogP contribution < -0.4 is 14.4 Å². The Morgan fingerprint density at radius 3 is 2.36 bits per heavy atom. The van der Waals surface area contributed by atoms with Crippen LogP contribution in [0.2, 0.25) is 0 Å². The van der Waals surface area contributed by atoms with Crippen molar-refractivity contribution in [2.24, 2.45) is 0 Å². The number of hydrogen-bond acceptors (Lipinski definition) is 9. The number of carbonyl (C=O) groups excluding carboxylic acids is 1. The Hall–Kier alpha value is -4.29. The van der Waals surface area contributed by atoms with Crippen LogP contribution in [0.1, 0.15) is 11.1 Å². The summed E-state index contributed by atoms with van der Waals surface area (Å²) in [5.74, 6) is 0.503. The fourth-order valence-electron chi connectivity index (χ4n) is 3.38. The summed E-state index contributed by atoms with van der Waals surface area (Å²) in [6, 6.07) is 16.8. The minimum absolute atomic E-state index is 0.0237. The number of nitro benzene ring substituents is 2. The van der Waals surface area contributed by atoms with Gasteiger partial charge in [0.2, 0.25) is 0 Å². The van der Waals surface area contributed by atoms with Crippen molar-refractivity contribution in [3.8, 4) is 11.5 Å². The van der Waals surface area contributed by atoms with Crippen molar-refractivity contribution in [2.45, 2.75) is 6.61 Å². The third kappa shape index (κ3) is 5.34. The maximum absolute atomic E-state index is 13.0. The number of hydrogen-bond donors (Lipinski definition) is 0. The van der Waals surface area contributed by atoms with Crippen LogP contribution in [0, 0.1) is 20.2 Å². The number of thiocarbonyl (C=S) groups is 1. The van der Waals surface area contributed by atoms with Gasteiger partial charge in [0.15, 0.2) is 15.8 Å². The number of nitro groups is 2. The summed E-state index contributed by atoms with van der Waals surface area (Å²) in [5.41, 5.74) is 1.63. The minimum atomic E-state index is -0.515. The molecule has 182 valence electrons. The van der Waals surface area contributed by atoms with E-state index in [1.165, 1.54) is 48.4 Å². The van der Waals surface area contributed by atoms with Gasteiger partial charge in [-0.05, 0) is 41.5 Å². The van der Waals surface area contributed by atoms with Crippen LogP contribution in [0.25, 0.3) is 6.08 Å². The largest absolute Gasteiger partial charge is 0.493 e. The Kier molecular flexibility index (Phi) is 7.27. The second-order valence-electron chi connectivity index (χ2n) is 7.42. The fraction of sp³-hybridized carbons (Fsp3) is 0.0833. The van der Waals surface area contributed by atoms with Crippen molar-refractivity contribution in [1.29, 1.82) is 0 Å². The average molecular weight is 524 g/mol. The van der Waals surface area contributed by atoms with E-state index >= 15 is 0 Å². The molecule has 0 spiro atoms. The molecule has 0 unspecified atom stereocenters. The summed E-state index contributed by atoms with van der Waals surface area (Å²) in [5, 5.41) is 21.9. The number of rotatable bonds is 8. The molecule has 12 heteroatoms. The number of anilines is 1. The number of nitrogens with zero attached hydrogens (tertiary/aromatic N) is 3. The molecule has 0 atom stereocenters. The molecule has 4 rings (SSSR count). The Bertz CT molecular complexity index is 1410. The molecule has 0 radical (unpaired) electrons. The van der Waals surface area contributed by atoms with Gasteiger partial charge in [0.1, 0.15) is 6.61 Å². The van der Waals surface area contributed by atoms with Crippen LogP contribution >= 0.6 is 24.0 Å². The highest BCUT2D eigenvalue weighted by Gasteiger charge is 2.33. The van der Waals surface area contributed by atoms with E-state index in [1.807, 2.05) is 0 Å². The first-order valence-electron chi connectivity index (χ1n) is 10.3. The molecule has 10 nitrogen and oxygen atoms in total. The lowest BCUT2D eigenvalue weighted by atomic mass is 10.1. The molecule has 1 aliphatic heterocycles. The Balaban J connectivity index is 1.51. The van der Waals surface area contributed by atoms with Gasteiger partial charge < -0.3 is 9.47 Å². The predicted octanol–water partition coefficient (Wildman–Crippen LogP) is 5.50. The van der Waals surface area contributed by atoms with Gasteiger partial charge in [-0.2, -0.15) is 0 Å². The highest BCUT2D eigenvalue weighted by atomic mass is 32.2. The van der Waals surface area contributed by atoms with Gasteiger partial charge in [-0.1, -0.05) is 42.2 Å². The first-order chi connectivity index (χ1) is 17.3. The molecule has 1 aliphatic rings. The molecule has 1 fully saturated rings. The second-order valence-corrected chi connectivity index (χ2v) is 9.09. The zero-order valence-corrected chi connectivity index (χ0v) is 20.3. The van der Waals surface area contributed by atoms with E-state index in [-0.39, 0.29) is 23.9 Å². The van der Waals surface area contributed by atoms with E-state index in [9.17, 15) is 25.0 Å². The van der Waals surface area contributed by atoms with Crippen LogP contribution in [-0.4, -0.2) is 27.2 Å². The summed E-state index contributed by atoms with van der Waals surface area (Å²) < 4.78 is 11.5. The fourth-order valence-corrected chi connectivity index (χ4v) is 4.68. The highest BCUT2D eigenvalue weighted by Crippen LogP contribution is 2.37. The van der Waals surface area contributed by atoms with Crippen LogP contribution in [0.3, 0.4) is 0 Å². The van der Waals surface area contributed by atoms with E-state index in [2.05, 4.69) is 0 Å². The minimum Gasteiger partial charge on any atom is -0.493 e. The normalized spacial score (nSPS) is 14.2. The van der Waals surface area contributed by atoms with Crippen molar-refractivity contribution in [2.75, 3.05) is 12.0 Å². The lowest BCUT2D eigenvalue weighted by Gasteiger charge is -2.14. The Morgan fingerprint density at radius 2 is 1.69 bits per heavy atom. The summed E-state index contributed by atoms with van der Waals surface area (Å²) in [7, 11) is 1.48. The van der Waals surface area contributed by atoms with Gasteiger partial charge in [-0.25, -0.2) is 0 Å². The molecule has 3 aromatic carbocycles. The molecular weight excluding hydrogens is 506 g/mol. The maximum atomic E-state index is 13.0. The van der Waals surface area contributed by atoms with E-state index in [1.54, 1.807) is 36.4 Å². The number of methoxy groups -OCH3 is 1. The lowest BCUT2D eigenvalue weighted by molar-refractivity contribution is -0.385. The van der Waals surface area contributed by atoms with Gasteiger partial charge in [0.05, 0.1) is 27.5 Å². The van der Waals surface area contributed by atoms with Crippen molar-refractivity contribution >= 4 is 57.3 Å². The first kappa shape index (κ1) is 24.8. The van der Waals surface area contributed by atoms with Crippen LogP contribution in [-0.2, 0) is 11.4 Å². The number of thioether (sulfide) groups is 1. The zero-order chi connectivity index (χ0) is 25.8. The molecule has 1 amide bonds. The molecular formula is C24H17N3O7S2.